The fraction of sp³-hybridized carbons (Fsp3) is 0.414. The highest BCUT2D eigenvalue weighted by Gasteiger charge is 2.20. The molecule has 2 aromatic carbocycles. The first kappa shape index (κ1) is 22.8. The van der Waals surface area contributed by atoms with Crippen LogP contribution in [0.2, 0.25) is 0 Å². The lowest BCUT2D eigenvalue weighted by Crippen LogP contribution is -2.35. The second-order valence-corrected chi connectivity index (χ2v) is 9.65. The molecule has 1 aromatic heterocycles. The highest BCUT2D eigenvalue weighted by Crippen LogP contribution is 2.33. The maximum atomic E-state index is 2.43. The van der Waals surface area contributed by atoms with E-state index in [-0.39, 0.29) is 0 Å². The predicted octanol–water partition coefficient (Wildman–Crippen LogP) is 7.79. The van der Waals surface area contributed by atoms with Gasteiger partial charge in [0.1, 0.15) is 6.54 Å². The third kappa shape index (κ3) is 5.15. The Morgan fingerprint density at radius 2 is 1.56 bits per heavy atom. The van der Waals surface area contributed by atoms with Gasteiger partial charge < -0.3 is 4.90 Å². The van der Waals surface area contributed by atoms with Crippen LogP contribution in [0.1, 0.15) is 74.9 Å². The zero-order valence-electron chi connectivity index (χ0n) is 19.9. The molecule has 32 heavy (non-hydrogen) atoms. The molecule has 4 rings (SSSR count). The Kier molecular flexibility index (Phi) is 7.81. The lowest BCUT2D eigenvalue weighted by atomic mass is 9.84. The molecule has 0 aliphatic heterocycles. The van der Waals surface area contributed by atoms with Gasteiger partial charge in [0.25, 0.3) is 5.01 Å². The van der Waals surface area contributed by atoms with Crippen molar-refractivity contribution in [3.8, 4) is 11.3 Å². The van der Waals surface area contributed by atoms with Crippen molar-refractivity contribution < 1.29 is 4.57 Å². The summed E-state index contributed by atoms with van der Waals surface area (Å²) in [4.78, 5) is 2.38. The molecule has 1 saturated carbocycles. The summed E-state index contributed by atoms with van der Waals surface area (Å²) in [5.41, 5.74) is 6.72. The maximum Gasteiger partial charge on any atom is 0.262 e. The Labute approximate surface area is 198 Å². The summed E-state index contributed by atoms with van der Waals surface area (Å²) in [5, 5.41) is 3.61. The normalized spacial score (nSPS) is 14.8. The molecule has 0 saturated heterocycles. The fourth-order valence-corrected chi connectivity index (χ4v) is 5.95. The number of hydrogen-bond donors (Lipinski definition) is 0. The molecule has 1 fully saturated rings. The SMILES string of the molecule is CCN(CC)c1ccc(/C=C/c2scc(-c3ccc(C4CCCCC4)cc3)[n+]2CC)cc1. The molecular weight excluding hydrogens is 408 g/mol. The van der Waals surface area contributed by atoms with Crippen molar-refractivity contribution in [1.29, 1.82) is 0 Å². The average Bonchev–Trinajstić information content (AvgIpc) is 3.28. The topological polar surface area (TPSA) is 7.12 Å². The van der Waals surface area contributed by atoms with Crippen LogP contribution in [0.4, 0.5) is 5.69 Å². The Bertz CT molecular complexity index is 1000. The molecule has 3 aromatic rings. The molecule has 1 heterocycles. The lowest BCUT2D eigenvalue weighted by Gasteiger charge is -2.21. The van der Waals surface area contributed by atoms with Crippen molar-refractivity contribution >= 4 is 29.2 Å². The van der Waals surface area contributed by atoms with Gasteiger partial charge in [-0.25, -0.2) is 0 Å². The van der Waals surface area contributed by atoms with Crippen LogP contribution in [0.25, 0.3) is 23.4 Å². The average molecular weight is 446 g/mol. The van der Waals surface area contributed by atoms with E-state index in [1.165, 1.54) is 65.2 Å². The zero-order valence-corrected chi connectivity index (χ0v) is 20.7. The van der Waals surface area contributed by atoms with Crippen LogP contribution in [0.5, 0.6) is 0 Å². The highest BCUT2D eigenvalue weighted by molar-refractivity contribution is 7.10. The van der Waals surface area contributed by atoms with Gasteiger partial charge in [-0.3, -0.25) is 0 Å². The van der Waals surface area contributed by atoms with Crippen molar-refractivity contribution in [3.05, 3.63) is 70.0 Å². The van der Waals surface area contributed by atoms with E-state index in [9.17, 15) is 0 Å². The van der Waals surface area contributed by atoms with E-state index in [2.05, 4.69) is 96.3 Å². The number of anilines is 1. The summed E-state index contributed by atoms with van der Waals surface area (Å²) in [7, 11) is 0. The Balaban J connectivity index is 1.50. The molecule has 0 atom stereocenters. The maximum absolute atomic E-state index is 2.43. The molecule has 0 amide bonds. The molecule has 168 valence electrons. The highest BCUT2D eigenvalue weighted by atomic mass is 32.1. The van der Waals surface area contributed by atoms with Gasteiger partial charge in [0.2, 0.25) is 5.69 Å². The minimum atomic E-state index is 0.769. The van der Waals surface area contributed by atoms with Crippen LogP contribution < -0.4 is 9.47 Å². The predicted molar refractivity (Wildman–Crippen MR) is 140 cm³/mol. The van der Waals surface area contributed by atoms with Crippen molar-refractivity contribution in [1.82, 2.24) is 0 Å². The van der Waals surface area contributed by atoms with Crippen molar-refractivity contribution in [2.45, 2.75) is 65.3 Å². The number of nitrogens with zero attached hydrogens (tertiary/aromatic N) is 2. The van der Waals surface area contributed by atoms with Gasteiger partial charge in [0, 0.05) is 30.4 Å². The van der Waals surface area contributed by atoms with Crippen LogP contribution in [-0.2, 0) is 6.54 Å². The van der Waals surface area contributed by atoms with Crippen LogP contribution in [0, 0.1) is 0 Å². The van der Waals surface area contributed by atoms with Crippen molar-refractivity contribution in [2.75, 3.05) is 18.0 Å². The molecule has 3 heteroatoms. The first-order valence-electron chi connectivity index (χ1n) is 12.4. The minimum Gasteiger partial charge on any atom is -0.372 e. The smallest absolute Gasteiger partial charge is 0.262 e. The molecule has 0 bridgehead atoms. The fourth-order valence-electron chi connectivity index (χ4n) is 4.96. The van der Waals surface area contributed by atoms with E-state index < -0.39 is 0 Å². The minimum absolute atomic E-state index is 0.769. The van der Waals surface area contributed by atoms with Gasteiger partial charge in [0.15, 0.2) is 0 Å². The van der Waals surface area contributed by atoms with E-state index in [0.29, 0.717) is 0 Å². The number of aromatic nitrogens is 1. The van der Waals surface area contributed by atoms with Crippen LogP contribution in [0.3, 0.4) is 0 Å². The summed E-state index contributed by atoms with van der Waals surface area (Å²) in [6, 6.07) is 18.3. The number of hydrogen-bond acceptors (Lipinski definition) is 2. The van der Waals surface area contributed by atoms with Crippen LogP contribution in [0.15, 0.2) is 53.9 Å². The monoisotopic (exact) mass is 445 g/mol. The Hall–Kier alpha value is -2.39. The third-order valence-corrected chi connectivity index (χ3v) is 7.83. The largest absolute Gasteiger partial charge is 0.372 e. The van der Waals surface area contributed by atoms with Gasteiger partial charge in [0.05, 0.1) is 5.38 Å². The van der Waals surface area contributed by atoms with Crippen molar-refractivity contribution in [2.24, 2.45) is 0 Å². The zero-order chi connectivity index (χ0) is 22.3. The summed E-state index contributed by atoms with van der Waals surface area (Å²) in [5.74, 6) is 0.769. The van der Waals surface area contributed by atoms with E-state index in [4.69, 9.17) is 0 Å². The Morgan fingerprint density at radius 3 is 2.19 bits per heavy atom. The molecule has 0 unspecified atom stereocenters. The summed E-state index contributed by atoms with van der Waals surface area (Å²) < 4.78 is 2.43. The molecule has 0 radical (unpaired) electrons. The summed E-state index contributed by atoms with van der Waals surface area (Å²) in [6.07, 6.45) is 11.4. The van der Waals surface area contributed by atoms with Gasteiger partial charge >= 0.3 is 0 Å². The third-order valence-electron chi connectivity index (χ3n) is 6.89. The van der Waals surface area contributed by atoms with Crippen LogP contribution in [-0.4, -0.2) is 13.1 Å². The van der Waals surface area contributed by atoms with Crippen molar-refractivity contribution in [3.63, 3.8) is 0 Å². The van der Waals surface area contributed by atoms with E-state index >= 15 is 0 Å². The number of rotatable bonds is 8. The van der Waals surface area contributed by atoms with Crippen LogP contribution >= 0.6 is 11.3 Å². The molecule has 2 nitrogen and oxygen atoms in total. The van der Waals surface area contributed by atoms with E-state index in [1.54, 1.807) is 0 Å². The molecular formula is C29H37N2S+. The van der Waals surface area contributed by atoms with Gasteiger partial charge in [-0.05, 0) is 81.0 Å². The quantitative estimate of drug-likeness (QED) is 0.321. The van der Waals surface area contributed by atoms with E-state index in [0.717, 1.165) is 25.6 Å². The van der Waals surface area contributed by atoms with Gasteiger partial charge in [-0.15, -0.1) is 0 Å². The standard InChI is InChI=1S/C29H37N2S/c1-4-30(5-2)27-19-12-23(13-20-27)14-21-29-31(6-3)28(22-32-29)26-17-15-25(16-18-26)24-10-8-7-9-11-24/h12-22,24H,4-11H2,1-3H3/q+1. The molecule has 0 N–H and O–H groups in total. The molecule has 1 aliphatic rings. The molecule has 0 spiro atoms. The number of thiazole rings is 1. The van der Waals surface area contributed by atoms with Gasteiger partial charge in [-0.2, -0.15) is 4.57 Å². The number of benzene rings is 2. The lowest BCUT2D eigenvalue weighted by molar-refractivity contribution is -0.679. The first-order chi connectivity index (χ1) is 15.7. The second-order valence-electron chi connectivity index (χ2n) is 8.76. The van der Waals surface area contributed by atoms with E-state index in [1.807, 2.05) is 11.3 Å². The summed E-state index contributed by atoms with van der Waals surface area (Å²) in [6.45, 7) is 9.72. The first-order valence-corrected chi connectivity index (χ1v) is 13.3. The molecule has 1 aliphatic carbocycles. The second kappa shape index (κ2) is 11.0. The summed E-state index contributed by atoms with van der Waals surface area (Å²) >= 11 is 1.83. The van der Waals surface area contributed by atoms with Gasteiger partial charge in [-0.1, -0.05) is 54.9 Å². The Morgan fingerprint density at radius 1 is 0.875 bits per heavy atom.